The van der Waals surface area contributed by atoms with Crippen LogP contribution in [0.3, 0.4) is 0 Å². The molecule has 5 aromatic carbocycles. The van der Waals surface area contributed by atoms with Crippen molar-refractivity contribution in [1.29, 1.82) is 0 Å². The van der Waals surface area contributed by atoms with E-state index < -0.39 is 15.3 Å². The average molecular weight is 694 g/mol. The molecule has 0 fully saturated rings. The number of hydrogen-bond acceptors (Lipinski definition) is 2. The van der Waals surface area contributed by atoms with E-state index in [-0.39, 0.29) is 18.9 Å². The molecule has 7 rings (SSSR count). The van der Waals surface area contributed by atoms with Crippen LogP contribution >= 0.6 is 0 Å². The molecular formula is C39H36F2O2SiZr. The summed E-state index contributed by atoms with van der Waals surface area (Å²) in [5.41, 5.74) is 6.66. The molecule has 0 amide bonds. The number of benzene rings is 5. The zero-order valence-corrected chi connectivity index (χ0v) is 29.6. The fourth-order valence-electron chi connectivity index (χ4n) is 9.54. The number of fused-ring (bicyclic) bond motifs is 2. The topological polar surface area (TPSA) is 18.5 Å². The summed E-state index contributed by atoms with van der Waals surface area (Å²) in [6.45, 7) is 6.23. The van der Waals surface area contributed by atoms with Gasteiger partial charge in [0.25, 0.3) is 0 Å². The fraction of sp³-hybridized carbons (Fsp3) is 0.128. The summed E-state index contributed by atoms with van der Waals surface area (Å²) in [5, 5.41) is 0. The molecular weight excluding hydrogens is 658 g/mol. The van der Waals surface area contributed by atoms with Gasteiger partial charge in [-0.2, -0.15) is 0 Å². The molecule has 2 aliphatic rings. The first-order valence-electron chi connectivity index (χ1n) is 15.4. The van der Waals surface area contributed by atoms with Gasteiger partial charge < -0.3 is 0 Å². The fourth-order valence-corrected chi connectivity index (χ4v) is 47.4. The van der Waals surface area contributed by atoms with E-state index in [1.54, 1.807) is 24.3 Å². The van der Waals surface area contributed by atoms with E-state index in [1.165, 1.54) is 24.3 Å². The van der Waals surface area contributed by atoms with E-state index in [9.17, 15) is 8.78 Å². The van der Waals surface area contributed by atoms with Gasteiger partial charge in [-0.05, 0) is 0 Å². The van der Waals surface area contributed by atoms with Crippen LogP contribution in [0.4, 0.5) is 8.78 Å². The molecule has 0 aromatic heterocycles. The van der Waals surface area contributed by atoms with Crippen LogP contribution in [0.5, 0.6) is 11.5 Å². The monoisotopic (exact) mass is 692 g/mol. The van der Waals surface area contributed by atoms with Crippen molar-refractivity contribution < 1.29 is 29.7 Å². The molecule has 226 valence electrons. The van der Waals surface area contributed by atoms with Crippen LogP contribution in [-0.2, 0) is 15.3 Å². The van der Waals surface area contributed by atoms with Gasteiger partial charge in [0.05, 0.1) is 0 Å². The van der Waals surface area contributed by atoms with Gasteiger partial charge in [0.2, 0.25) is 0 Å². The molecule has 2 aliphatic carbocycles. The Kier molecular flexibility index (Phi) is 6.19. The molecule has 0 bridgehead atoms. The summed E-state index contributed by atoms with van der Waals surface area (Å²) < 4.78 is 47.7. The second kappa shape index (κ2) is 9.34. The van der Waals surface area contributed by atoms with Gasteiger partial charge in [0, 0.05) is 0 Å². The number of rotatable bonds is 7. The van der Waals surface area contributed by atoms with Crippen molar-refractivity contribution in [2.75, 3.05) is 0 Å². The Morgan fingerprint density at radius 1 is 0.533 bits per heavy atom. The van der Waals surface area contributed by atoms with Crippen molar-refractivity contribution in [3.05, 3.63) is 172 Å². The summed E-state index contributed by atoms with van der Waals surface area (Å²) in [7, 11) is 0. The zero-order valence-electron chi connectivity index (χ0n) is 25.7. The van der Waals surface area contributed by atoms with Crippen molar-refractivity contribution in [3.8, 4) is 11.5 Å². The molecule has 2 unspecified atom stereocenters. The Hall–Kier alpha value is -3.86. The Morgan fingerprint density at radius 2 is 0.911 bits per heavy atom. The zero-order chi connectivity index (χ0) is 31.6. The molecule has 5 aromatic rings. The van der Waals surface area contributed by atoms with Crippen LogP contribution < -0.4 is 8.90 Å². The van der Waals surface area contributed by atoms with E-state index >= 15 is 0 Å². The SMILES string of the molecule is CC1=Cc2ccccc2[CH]1[Zr]([CH3])(=[SiH2])([O]c1ccc(F)cc1)([O]c1ccc(F)cc1)([c]1ccccc1)[CH]1C(C)=Cc2ccccc21. The van der Waals surface area contributed by atoms with E-state index in [4.69, 9.17) is 5.63 Å². The first-order chi connectivity index (χ1) is 21.4. The van der Waals surface area contributed by atoms with Gasteiger partial charge in [0.1, 0.15) is 0 Å². The minimum absolute atomic E-state index is 0.350. The summed E-state index contributed by atoms with van der Waals surface area (Å²) in [6.07, 6.45) is 4.49. The molecule has 45 heavy (non-hydrogen) atoms. The van der Waals surface area contributed by atoms with Crippen molar-refractivity contribution >= 4 is 22.3 Å². The predicted octanol–water partition coefficient (Wildman–Crippen LogP) is 9.25. The van der Waals surface area contributed by atoms with Gasteiger partial charge in [-0.1, -0.05) is 0 Å². The molecule has 0 N–H and O–H groups in total. The van der Waals surface area contributed by atoms with E-state index in [0.717, 1.165) is 36.7 Å². The van der Waals surface area contributed by atoms with Crippen LogP contribution in [-0.4, -0.2) is 6.88 Å². The number of allylic oxidation sites excluding steroid dienone is 2. The molecule has 0 heterocycles. The molecule has 0 saturated heterocycles. The summed E-state index contributed by atoms with van der Waals surface area (Å²) in [5.74, 6) is 0.320. The third-order valence-electron chi connectivity index (χ3n) is 10.8. The number of hydrogen-bond donors (Lipinski definition) is 0. The Morgan fingerprint density at radius 3 is 1.33 bits per heavy atom. The number of halogens is 2. The Bertz CT molecular complexity index is 2050. The molecule has 2 nitrogen and oxygen atoms in total. The summed E-state index contributed by atoms with van der Waals surface area (Å²) in [6, 6.07) is 39.8. The molecule has 0 spiro atoms. The molecule has 2 atom stereocenters. The third kappa shape index (κ3) is 3.91. The first kappa shape index (κ1) is 29.8. The van der Waals surface area contributed by atoms with Gasteiger partial charge in [0.15, 0.2) is 0 Å². The van der Waals surface area contributed by atoms with Crippen LogP contribution in [0.1, 0.15) is 43.4 Å². The van der Waals surface area contributed by atoms with Crippen molar-refractivity contribution in [2.24, 2.45) is 0 Å². The van der Waals surface area contributed by atoms with Gasteiger partial charge >= 0.3 is 262 Å². The Labute approximate surface area is 260 Å². The van der Waals surface area contributed by atoms with Crippen LogP contribution in [0.2, 0.25) is 4.63 Å². The molecule has 0 saturated carbocycles. The van der Waals surface area contributed by atoms with Gasteiger partial charge in [-0.15, -0.1) is 0 Å². The molecule has 0 radical (unpaired) electrons. The normalized spacial score (nSPS) is 19.5. The van der Waals surface area contributed by atoms with Gasteiger partial charge in [-0.3, -0.25) is 0 Å². The van der Waals surface area contributed by atoms with Gasteiger partial charge in [-0.25, -0.2) is 0 Å². The maximum absolute atomic E-state index is 14.5. The van der Waals surface area contributed by atoms with Crippen LogP contribution in [0, 0.1) is 11.6 Å². The summed E-state index contributed by atoms with van der Waals surface area (Å²) >= 11 is -7.14. The maximum atomic E-state index is 14.5. The first-order valence-corrected chi connectivity index (χ1v) is 29.8. The molecule has 6 heteroatoms. The van der Waals surface area contributed by atoms with E-state index in [0.29, 0.717) is 11.5 Å². The Balaban J connectivity index is 1.79. The second-order valence-corrected chi connectivity index (χ2v) is 51.9. The third-order valence-corrected chi connectivity index (χ3v) is 44.8. The van der Waals surface area contributed by atoms with Crippen molar-refractivity contribution in [1.82, 2.24) is 0 Å². The van der Waals surface area contributed by atoms with Crippen LogP contribution in [0.25, 0.3) is 12.2 Å². The van der Waals surface area contributed by atoms with Crippen molar-refractivity contribution in [3.63, 3.8) is 0 Å². The van der Waals surface area contributed by atoms with E-state index in [2.05, 4.69) is 91.3 Å². The standard InChI is InChI=1S/2C10H9.2C6H5FO.C6H5.CH3.H2Si.Zr/c2*1-8-6-9-4-2-3-5-10(9)7-8;2*7-5-1-3-6(8)4-2-5;1-2-4-6-5-3-1;;;/h2*2-7H,1H3;2*1-4,8H;1-5H;1H3;1H2;/q;;;;;;;+2/p-2. The second-order valence-electron chi connectivity index (χ2n) is 14.1. The van der Waals surface area contributed by atoms with Crippen molar-refractivity contribution in [2.45, 2.75) is 25.7 Å². The summed E-state index contributed by atoms with van der Waals surface area (Å²) in [4.78, 5) is 0. The quantitative estimate of drug-likeness (QED) is 0.158. The average Bonchev–Trinajstić information content (AvgIpc) is 3.58. The predicted molar refractivity (Wildman–Crippen MR) is 180 cm³/mol. The molecule has 0 aliphatic heterocycles. The minimum atomic E-state index is -7.14. The van der Waals surface area contributed by atoms with Crippen LogP contribution in [0.15, 0.2) is 139 Å². The van der Waals surface area contributed by atoms with E-state index in [1.807, 2.05) is 25.1 Å².